The molecule has 32 heavy (non-hydrogen) atoms. The minimum absolute atomic E-state index is 0. The maximum atomic E-state index is 11.5. The normalized spacial score (nSPS) is 23.1. The fourth-order valence-corrected chi connectivity index (χ4v) is 4.74. The van der Waals surface area contributed by atoms with Gasteiger partial charge in [0.05, 0.1) is 29.3 Å². The van der Waals surface area contributed by atoms with Crippen LogP contribution in [-0.4, -0.2) is 82.4 Å². The van der Waals surface area contributed by atoms with Crippen LogP contribution in [0.2, 0.25) is 0 Å². The molecule has 1 aromatic rings. The molecule has 1 radical (unpaired) electrons. The van der Waals surface area contributed by atoms with Crippen molar-refractivity contribution < 1.29 is 69.6 Å². The van der Waals surface area contributed by atoms with Gasteiger partial charge in [-0.25, -0.2) is 0 Å². The number of carboxylic acids is 3. The molecule has 2 heterocycles. The summed E-state index contributed by atoms with van der Waals surface area (Å²) in [5.74, 6) is -3.63. The Kier molecular flexibility index (Phi) is 10.9. The number of pyridine rings is 1. The molecule has 2 bridgehead atoms. The second kappa shape index (κ2) is 12.9. The van der Waals surface area contributed by atoms with Gasteiger partial charge in [0.1, 0.15) is 0 Å². The molecule has 2 aliphatic rings. The van der Waals surface area contributed by atoms with Gasteiger partial charge in [-0.15, -0.1) is 0 Å². The molecule has 2 atom stereocenters. The second-order valence-corrected chi connectivity index (χ2v) is 8.24. The van der Waals surface area contributed by atoms with Crippen molar-refractivity contribution in [3.63, 3.8) is 0 Å². The fourth-order valence-electron chi connectivity index (χ4n) is 4.74. The topological polar surface area (TPSA) is 143 Å². The molecule has 175 valence electrons. The number of carbonyl (C=O) groups is 3. The van der Waals surface area contributed by atoms with Gasteiger partial charge in [0.25, 0.3) is 0 Å². The van der Waals surface area contributed by atoms with E-state index in [1.807, 2.05) is 11.0 Å². The number of nitrogens with zero attached hydrogens (tertiary/aromatic N) is 4. The third-order valence-electron chi connectivity index (χ3n) is 5.97. The molecule has 0 N–H and O–H groups in total. The molecule has 0 saturated heterocycles. The van der Waals surface area contributed by atoms with Crippen LogP contribution in [0.1, 0.15) is 37.1 Å². The number of carbonyl (C=O) groups excluding carboxylic acids is 3. The summed E-state index contributed by atoms with van der Waals surface area (Å²) in [6.45, 7) is 0.276. The summed E-state index contributed by atoms with van der Waals surface area (Å²) in [6, 6.07) is 5.02. The SMILES string of the molecule is O=C([O-])CN1CCN(CC(=O)[O-])C2CCCCC2N(CC(=O)[O-])Cc2cccc(n2)C1.[Gd+3]. The maximum absolute atomic E-state index is 11.5. The fraction of sp³-hybridized carbons (Fsp3) is 0.619. The summed E-state index contributed by atoms with van der Waals surface area (Å²) in [5, 5.41) is 34.2. The summed E-state index contributed by atoms with van der Waals surface area (Å²) < 4.78 is 0. The number of hydrogen-bond acceptors (Lipinski definition) is 10. The maximum Gasteiger partial charge on any atom is 3.00 e. The van der Waals surface area contributed by atoms with Crippen LogP contribution in [0.3, 0.4) is 0 Å². The second-order valence-electron chi connectivity index (χ2n) is 8.24. The monoisotopic (exact) mass is 589 g/mol. The van der Waals surface area contributed by atoms with E-state index in [9.17, 15) is 29.7 Å². The Morgan fingerprint density at radius 2 is 1.34 bits per heavy atom. The molecule has 3 rings (SSSR count). The van der Waals surface area contributed by atoms with Gasteiger partial charge in [-0.1, -0.05) is 18.9 Å². The van der Waals surface area contributed by atoms with Crippen LogP contribution in [0.25, 0.3) is 0 Å². The number of rotatable bonds is 6. The number of carboxylic acid groups (broad SMARTS) is 3. The molecule has 1 saturated carbocycles. The first-order valence-electron chi connectivity index (χ1n) is 10.6. The summed E-state index contributed by atoms with van der Waals surface area (Å²) in [6.07, 6.45) is 3.26. The van der Waals surface area contributed by atoms with E-state index < -0.39 is 17.9 Å². The molecule has 10 nitrogen and oxygen atoms in total. The van der Waals surface area contributed by atoms with Crippen molar-refractivity contribution in [3.8, 4) is 0 Å². The molecule has 11 heteroatoms. The van der Waals surface area contributed by atoms with Crippen LogP contribution in [0, 0.1) is 39.9 Å². The van der Waals surface area contributed by atoms with E-state index in [1.54, 1.807) is 21.9 Å². The van der Waals surface area contributed by atoms with Gasteiger partial charge in [-0.2, -0.15) is 0 Å². The predicted octanol–water partition coefficient (Wildman–Crippen LogP) is -3.44. The van der Waals surface area contributed by atoms with Gasteiger partial charge in [0, 0.05) is 57.9 Å². The van der Waals surface area contributed by atoms with E-state index in [2.05, 4.69) is 4.98 Å². The van der Waals surface area contributed by atoms with Gasteiger partial charge in [-0.3, -0.25) is 19.7 Å². The predicted molar refractivity (Wildman–Crippen MR) is 103 cm³/mol. The number of aromatic nitrogens is 1. The van der Waals surface area contributed by atoms with Crippen molar-refractivity contribution in [1.29, 1.82) is 0 Å². The molecule has 1 aromatic heterocycles. The van der Waals surface area contributed by atoms with Gasteiger partial charge >= 0.3 is 39.9 Å². The largest absolute Gasteiger partial charge is 3.00 e. The summed E-state index contributed by atoms with van der Waals surface area (Å²) in [7, 11) is 0. The van der Waals surface area contributed by atoms with Crippen LogP contribution in [0.4, 0.5) is 0 Å². The number of hydrogen-bond donors (Lipinski definition) is 0. The first-order chi connectivity index (χ1) is 14.8. The first kappa shape index (κ1) is 27.0. The minimum Gasteiger partial charge on any atom is -0.549 e. The van der Waals surface area contributed by atoms with Crippen LogP contribution in [0.5, 0.6) is 0 Å². The van der Waals surface area contributed by atoms with Crippen LogP contribution in [0.15, 0.2) is 18.2 Å². The minimum atomic E-state index is -1.22. The number of fused-ring (bicyclic) bond motifs is 3. The third kappa shape index (κ3) is 7.96. The molecule has 1 aliphatic heterocycles. The summed E-state index contributed by atoms with van der Waals surface area (Å²) in [5.41, 5.74) is 1.32. The standard InChI is InChI=1S/C21H30N4O6.Gd/c26-19(27)12-23-8-9-24(13-20(28)29)17-6-1-2-7-18(17)25(14-21(30)31)11-16-5-3-4-15(10-23)22-16;/h3-5,17-18H,1-2,6-14H2,(H,26,27)(H,28,29)(H,30,31);/q;+3/p-3. The summed E-state index contributed by atoms with van der Waals surface area (Å²) >= 11 is 0. The Hall–Kier alpha value is -1.24. The molecule has 1 aliphatic carbocycles. The van der Waals surface area contributed by atoms with Crippen molar-refractivity contribution in [1.82, 2.24) is 19.7 Å². The molecule has 2 unspecified atom stereocenters. The molecular weight excluding hydrogens is 562 g/mol. The van der Waals surface area contributed by atoms with Crippen molar-refractivity contribution >= 4 is 17.9 Å². The average Bonchev–Trinajstić information content (AvgIpc) is 2.69. The number of aliphatic carboxylic acids is 3. The van der Waals surface area contributed by atoms with Gasteiger partial charge in [0.2, 0.25) is 0 Å². The Labute approximate surface area is 219 Å². The Balaban J connectivity index is 0.00000363. The molecule has 1 fully saturated rings. The summed E-state index contributed by atoms with van der Waals surface area (Å²) in [4.78, 5) is 44.1. The molecule has 0 amide bonds. The van der Waals surface area contributed by atoms with E-state index in [4.69, 9.17) is 0 Å². The molecule has 0 spiro atoms. The first-order valence-corrected chi connectivity index (χ1v) is 10.6. The van der Waals surface area contributed by atoms with E-state index in [-0.39, 0.29) is 84.7 Å². The van der Waals surface area contributed by atoms with Crippen molar-refractivity contribution in [2.75, 3.05) is 32.7 Å². The molecular formula is C21H27GdN4O6. The zero-order valence-electron chi connectivity index (χ0n) is 17.8. The quantitative estimate of drug-likeness (QED) is 0.329. The van der Waals surface area contributed by atoms with Crippen LogP contribution >= 0.6 is 0 Å². The van der Waals surface area contributed by atoms with Gasteiger partial charge in [0.15, 0.2) is 0 Å². The van der Waals surface area contributed by atoms with Gasteiger partial charge in [-0.05, 0) is 25.0 Å². The van der Waals surface area contributed by atoms with E-state index >= 15 is 0 Å². The van der Waals surface area contributed by atoms with E-state index in [0.717, 1.165) is 25.7 Å². The Bertz CT molecular complexity index is 810. The Morgan fingerprint density at radius 3 is 1.94 bits per heavy atom. The van der Waals surface area contributed by atoms with Crippen molar-refractivity contribution in [2.45, 2.75) is 50.9 Å². The van der Waals surface area contributed by atoms with Gasteiger partial charge < -0.3 is 29.7 Å². The van der Waals surface area contributed by atoms with Crippen molar-refractivity contribution in [2.24, 2.45) is 0 Å². The zero-order valence-corrected chi connectivity index (χ0v) is 20.0. The Morgan fingerprint density at radius 1 is 0.812 bits per heavy atom. The van der Waals surface area contributed by atoms with E-state index in [0.29, 0.717) is 24.5 Å². The van der Waals surface area contributed by atoms with E-state index in [1.165, 1.54) is 0 Å². The average molecular weight is 589 g/mol. The van der Waals surface area contributed by atoms with Crippen molar-refractivity contribution in [3.05, 3.63) is 29.6 Å². The molecule has 0 aromatic carbocycles. The third-order valence-corrected chi connectivity index (χ3v) is 5.97. The van der Waals surface area contributed by atoms with Crippen LogP contribution in [-0.2, 0) is 27.5 Å². The zero-order chi connectivity index (χ0) is 22.4. The van der Waals surface area contributed by atoms with Crippen LogP contribution < -0.4 is 15.3 Å². The smallest absolute Gasteiger partial charge is 0.549 e.